The summed E-state index contributed by atoms with van der Waals surface area (Å²) < 4.78 is 7.50. The molecule has 1 heterocycles. The Morgan fingerprint density at radius 3 is 2.62 bits per heavy atom. The van der Waals surface area contributed by atoms with Crippen LogP contribution in [0, 0.1) is 0 Å². The number of carbonyl (C=O) groups is 1. The lowest BCUT2D eigenvalue weighted by Crippen LogP contribution is -2.19. The number of hydrogen-bond donors (Lipinski definition) is 0. The summed E-state index contributed by atoms with van der Waals surface area (Å²) in [5, 5.41) is 3.05. The lowest BCUT2D eigenvalue weighted by Gasteiger charge is -2.25. The molecule has 1 atom stereocenters. The van der Waals surface area contributed by atoms with E-state index in [2.05, 4.69) is 4.57 Å². The van der Waals surface area contributed by atoms with Gasteiger partial charge in [0.25, 0.3) is 0 Å². The lowest BCUT2D eigenvalue weighted by atomic mass is 9.84. The zero-order valence-corrected chi connectivity index (χ0v) is 18.4. The third-order valence-electron chi connectivity index (χ3n) is 5.56. The van der Waals surface area contributed by atoms with Crippen LogP contribution in [0.4, 0.5) is 0 Å². The topological polar surface area (TPSA) is 31.2 Å². The molecular formula is C23H22Cl3NO2. The summed E-state index contributed by atoms with van der Waals surface area (Å²) >= 11 is 19.1. The van der Waals surface area contributed by atoms with E-state index in [4.69, 9.17) is 39.5 Å². The van der Waals surface area contributed by atoms with Crippen molar-refractivity contribution >= 4 is 51.7 Å². The van der Waals surface area contributed by atoms with Crippen LogP contribution in [0.3, 0.4) is 0 Å². The Labute approximate surface area is 185 Å². The second-order valence-corrected chi connectivity index (χ2v) is 8.74. The van der Waals surface area contributed by atoms with Crippen molar-refractivity contribution in [2.45, 2.75) is 45.1 Å². The van der Waals surface area contributed by atoms with Crippen molar-refractivity contribution in [1.29, 1.82) is 0 Å². The van der Waals surface area contributed by atoms with Crippen LogP contribution < -0.4 is 0 Å². The zero-order valence-electron chi connectivity index (χ0n) is 16.2. The minimum atomic E-state index is -0.155. The fourth-order valence-electron chi connectivity index (χ4n) is 4.44. The van der Waals surface area contributed by atoms with Gasteiger partial charge in [-0.25, -0.2) is 0 Å². The van der Waals surface area contributed by atoms with Gasteiger partial charge in [-0.15, -0.1) is 0 Å². The van der Waals surface area contributed by atoms with Gasteiger partial charge >= 0.3 is 5.97 Å². The van der Waals surface area contributed by atoms with Crippen molar-refractivity contribution in [3.05, 3.63) is 68.3 Å². The van der Waals surface area contributed by atoms with E-state index in [-0.39, 0.29) is 11.9 Å². The van der Waals surface area contributed by atoms with Crippen LogP contribution in [-0.4, -0.2) is 17.1 Å². The predicted octanol–water partition coefficient (Wildman–Crippen LogP) is 7.02. The second kappa shape index (κ2) is 8.59. The van der Waals surface area contributed by atoms with Gasteiger partial charge in [0.2, 0.25) is 0 Å². The molecule has 1 unspecified atom stereocenters. The quantitative estimate of drug-likeness (QED) is 0.391. The molecule has 0 saturated carbocycles. The summed E-state index contributed by atoms with van der Waals surface area (Å²) in [5.74, 6) is -0.0508. The molecule has 0 radical (unpaired) electrons. The Morgan fingerprint density at radius 1 is 1.14 bits per heavy atom. The maximum atomic E-state index is 12.3. The third kappa shape index (κ3) is 4.14. The normalized spacial score (nSPS) is 16.1. The largest absolute Gasteiger partial charge is 0.466 e. The van der Waals surface area contributed by atoms with Gasteiger partial charge in [-0.3, -0.25) is 4.79 Å². The van der Waals surface area contributed by atoms with Crippen molar-refractivity contribution in [2.75, 3.05) is 6.61 Å². The molecule has 0 spiro atoms. The third-order valence-corrected chi connectivity index (χ3v) is 6.32. The summed E-state index contributed by atoms with van der Waals surface area (Å²) in [6.07, 6.45) is 3.31. The summed E-state index contributed by atoms with van der Waals surface area (Å²) in [6.45, 7) is 2.89. The first kappa shape index (κ1) is 20.6. The van der Waals surface area contributed by atoms with Crippen molar-refractivity contribution in [3.63, 3.8) is 0 Å². The van der Waals surface area contributed by atoms with Crippen molar-refractivity contribution < 1.29 is 9.53 Å². The molecule has 152 valence electrons. The van der Waals surface area contributed by atoms with Gasteiger partial charge in [0.05, 0.1) is 23.6 Å². The average molecular weight is 451 g/mol. The highest BCUT2D eigenvalue weighted by Gasteiger charge is 2.30. The molecule has 3 nitrogen and oxygen atoms in total. The van der Waals surface area contributed by atoms with Crippen LogP contribution in [0.25, 0.3) is 10.9 Å². The molecule has 0 N–H and O–H groups in total. The van der Waals surface area contributed by atoms with E-state index < -0.39 is 0 Å². The van der Waals surface area contributed by atoms with Gasteiger partial charge in [0, 0.05) is 33.6 Å². The number of halogens is 3. The molecule has 6 heteroatoms. The summed E-state index contributed by atoms with van der Waals surface area (Å²) in [5.41, 5.74) is 4.53. The molecule has 0 fully saturated rings. The fourth-order valence-corrected chi connectivity index (χ4v) is 5.16. The number of carbonyl (C=O) groups excluding carboxylic acids is 1. The summed E-state index contributed by atoms with van der Waals surface area (Å²) in [4.78, 5) is 12.3. The number of benzene rings is 2. The SMILES string of the molecule is CCOC(=O)CC1CCCc2c1n(Cc1ccc(Cl)cc1)c1c(Cl)cc(Cl)cc21. The van der Waals surface area contributed by atoms with E-state index in [1.807, 2.05) is 37.3 Å². The highest BCUT2D eigenvalue weighted by Crippen LogP contribution is 2.43. The van der Waals surface area contributed by atoms with Crippen molar-refractivity contribution in [1.82, 2.24) is 4.57 Å². The molecule has 1 aliphatic carbocycles. The minimum Gasteiger partial charge on any atom is -0.466 e. The predicted molar refractivity (Wildman–Crippen MR) is 119 cm³/mol. The molecule has 29 heavy (non-hydrogen) atoms. The molecule has 4 rings (SSSR count). The van der Waals surface area contributed by atoms with Crippen LogP contribution in [0.1, 0.15) is 48.9 Å². The van der Waals surface area contributed by atoms with E-state index in [0.29, 0.717) is 34.6 Å². The maximum Gasteiger partial charge on any atom is 0.306 e. The monoisotopic (exact) mass is 449 g/mol. The smallest absolute Gasteiger partial charge is 0.306 e. The number of fused-ring (bicyclic) bond motifs is 3. The van der Waals surface area contributed by atoms with Gasteiger partial charge in [0.15, 0.2) is 0 Å². The highest BCUT2D eigenvalue weighted by molar-refractivity contribution is 6.38. The van der Waals surface area contributed by atoms with E-state index in [1.165, 1.54) is 11.3 Å². The highest BCUT2D eigenvalue weighted by atomic mass is 35.5. The summed E-state index contributed by atoms with van der Waals surface area (Å²) in [7, 11) is 0. The molecule has 1 aromatic heterocycles. The molecular weight excluding hydrogens is 429 g/mol. The molecule has 0 bridgehead atoms. The van der Waals surface area contributed by atoms with Crippen LogP contribution in [0.5, 0.6) is 0 Å². The standard InChI is InChI=1S/C23H22Cl3NO2/c1-2-29-21(28)10-15-4-3-5-18-19-11-17(25)12-20(26)23(19)27(22(15)18)13-14-6-8-16(24)9-7-14/h6-9,11-12,15H,2-5,10,13H2,1H3. The molecule has 3 aromatic rings. The Bertz CT molecular complexity index is 1060. The number of ether oxygens (including phenoxy) is 1. The Kier molecular flexibility index (Phi) is 6.10. The Balaban J connectivity index is 1.87. The van der Waals surface area contributed by atoms with Crippen LogP contribution in [0.15, 0.2) is 36.4 Å². The number of aryl methyl sites for hydroxylation is 1. The van der Waals surface area contributed by atoms with Crippen LogP contribution in [-0.2, 0) is 22.5 Å². The van der Waals surface area contributed by atoms with Gasteiger partial charge in [-0.05, 0) is 61.6 Å². The molecule has 2 aromatic carbocycles. The number of rotatable bonds is 5. The molecule has 0 amide bonds. The minimum absolute atomic E-state index is 0.104. The average Bonchev–Trinajstić information content (AvgIpc) is 2.99. The number of nitrogens with zero attached hydrogens (tertiary/aromatic N) is 1. The van der Waals surface area contributed by atoms with Crippen LogP contribution >= 0.6 is 34.8 Å². The Morgan fingerprint density at radius 2 is 1.90 bits per heavy atom. The number of hydrogen-bond acceptors (Lipinski definition) is 2. The first-order chi connectivity index (χ1) is 14.0. The maximum absolute atomic E-state index is 12.3. The van der Waals surface area contributed by atoms with E-state index in [1.54, 1.807) is 6.07 Å². The van der Waals surface area contributed by atoms with E-state index in [0.717, 1.165) is 35.7 Å². The Hall–Kier alpha value is -1.68. The van der Waals surface area contributed by atoms with Gasteiger partial charge < -0.3 is 9.30 Å². The van der Waals surface area contributed by atoms with Gasteiger partial charge in [-0.2, -0.15) is 0 Å². The van der Waals surface area contributed by atoms with Crippen LogP contribution in [0.2, 0.25) is 15.1 Å². The first-order valence-corrected chi connectivity index (χ1v) is 11.0. The molecule has 0 aliphatic heterocycles. The van der Waals surface area contributed by atoms with Crippen molar-refractivity contribution in [2.24, 2.45) is 0 Å². The van der Waals surface area contributed by atoms with E-state index >= 15 is 0 Å². The first-order valence-electron chi connectivity index (χ1n) is 9.88. The number of esters is 1. The fraction of sp³-hybridized carbons (Fsp3) is 0.348. The number of aromatic nitrogens is 1. The van der Waals surface area contributed by atoms with Gasteiger partial charge in [0.1, 0.15) is 0 Å². The van der Waals surface area contributed by atoms with E-state index in [9.17, 15) is 4.79 Å². The second-order valence-electron chi connectivity index (χ2n) is 7.46. The molecule has 0 saturated heterocycles. The zero-order chi connectivity index (χ0) is 20.5. The van der Waals surface area contributed by atoms with Gasteiger partial charge in [-0.1, -0.05) is 46.9 Å². The van der Waals surface area contributed by atoms with Crippen molar-refractivity contribution in [3.8, 4) is 0 Å². The summed E-state index contributed by atoms with van der Waals surface area (Å²) in [6, 6.07) is 11.6. The lowest BCUT2D eigenvalue weighted by molar-refractivity contribution is -0.143. The molecule has 1 aliphatic rings.